The third-order valence-electron chi connectivity index (χ3n) is 5.54. The maximum atomic E-state index is 13.7. The van der Waals surface area contributed by atoms with Gasteiger partial charge in [-0.1, -0.05) is 121 Å². The molecule has 2 heteroatoms. The molecule has 0 amide bonds. The van der Waals surface area contributed by atoms with Gasteiger partial charge in [-0.05, 0) is 28.9 Å². The van der Waals surface area contributed by atoms with E-state index in [9.17, 15) is 4.79 Å². The molecule has 33 heavy (non-hydrogen) atoms. The second-order valence-electron chi connectivity index (χ2n) is 7.75. The number of benzene rings is 4. The minimum Gasteiger partial charge on any atom is -0.452 e. The fourth-order valence-electron chi connectivity index (χ4n) is 3.86. The van der Waals surface area contributed by atoms with E-state index in [2.05, 4.69) is 18.2 Å². The Morgan fingerprint density at radius 3 is 1.58 bits per heavy atom. The Hall–Kier alpha value is -4.43. The van der Waals surface area contributed by atoms with Crippen LogP contribution in [0, 0.1) is 0 Å². The van der Waals surface area contributed by atoms with Crippen molar-refractivity contribution in [3.63, 3.8) is 0 Å². The Kier molecular flexibility index (Phi) is 5.81. The summed E-state index contributed by atoms with van der Waals surface area (Å²) < 4.78 is 6.47. The standard InChI is InChI=1S/C31H22O2/c32-30(26-19-11-4-12-20-26)31-28(24-15-7-2-8-16-24)21-27(23-13-5-1-6-14-23)22-29(33-31)25-17-9-3-10-18-25/h1-22H. The summed E-state index contributed by atoms with van der Waals surface area (Å²) in [6.07, 6.45) is 4.07. The van der Waals surface area contributed by atoms with Crippen molar-refractivity contribution in [1.82, 2.24) is 0 Å². The second-order valence-corrected chi connectivity index (χ2v) is 7.75. The number of carbonyl (C=O) groups is 1. The third-order valence-corrected chi connectivity index (χ3v) is 5.54. The number of Topliss-reactive ketones (excluding diaryl/α,β-unsaturated/α-hetero) is 1. The molecule has 0 spiro atoms. The van der Waals surface area contributed by atoms with E-state index in [4.69, 9.17) is 4.74 Å². The average Bonchev–Trinajstić information content (AvgIpc) is 3.11. The Labute approximate surface area is 193 Å². The van der Waals surface area contributed by atoms with Crippen molar-refractivity contribution in [2.24, 2.45) is 0 Å². The van der Waals surface area contributed by atoms with Gasteiger partial charge in [-0.3, -0.25) is 4.79 Å². The number of rotatable bonds is 5. The highest BCUT2D eigenvalue weighted by molar-refractivity contribution is 6.14. The van der Waals surface area contributed by atoms with E-state index in [1.54, 1.807) is 0 Å². The minimum atomic E-state index is -0.151. The highest BCUT2D eigenvalue weighted by Crippen LogP contribution is 2.36. The molecule has 4 aromatic rings. The van der Waals surface area contributed by atoms with Crippen LogP contribution in [0.1, 0.15) is 27.0 Å². The lowest BCUT2D eigenvalue weighted by Crippen LogP contribution is -2.09. The fraction of sp³-hybridized carbons (Fsp3) is 0. The smallest absolute Gasteiger partial charge is 0.228 e. The van der Waals surface area contributed by atoms with Crippen LogP contribution in [-0.4, -0.2) is 5.78 Å². The lowest BCUT2D eigenvalue weighted by atomic mass is 9.96. The topological polar surface area (TPSA) is 26.3 Å². The summed E-state index contributed by atoms with van der Waals surface area (Å²) in [5.41, 5.74) is 5.20. The molecule has 0 N–H and O–H groups in total. The lowest BCUT2D eigenvalue weighted by Gasteiger charge is -2.15. The predicted molar refractivity (Wildman–Crippen MR) is 134 cm³/mol. The average molecular weight is 427 g/mol. The molecule has 0 saturated heterocycles. The molecule has 2 nitrogen and oxygen atoms in total. The Balaban J connectivity index is 1.76. The highest BCUT2D eigenvalue weighted by Gasteiger charge is 2.24. The number of ether oxygens (including phenoxy) is 1. The van der Waals surface area contributed by atoms with Gasteiger partial charge < -0.3 is 4.74 Å². The molecule has 0 radical (unpaired) electrons. The molecule has 0 bridgehead atoms. The molecule has 0 aliphatic carbocycles. The number of carbonyl (C=O) groups excluding carboxylic acids is 1. The van der Waals surface area contributed by atoms with Crippen LogP contribution in [0.2, 0.25) is 0 Å². The summed E-state index contributed by atoms with van der Waals surface area (Å²) >= 11 is 0. The van der Waals surface area contributed by atoms with Crippen molar-refractivity contribution in [1.29, 1.82) is 0 Å². The van der Waals surface area contributed by atoms with Crippen LogP contribution in [-0.2, 0) is 4.74 Å². The zero-order chi connectivity index (χ0) is 22.5. The SMILES string of the molecule is O=C(C1=C(c2ccccc2)C=C(c2ccccc2)C=C(c2ccccc2)O1)c1ccccc1. The number of ketones is 1. The van der Waals surface area contributed by atoms with Crippen molar-refractivity contribution in [2.75, 3.05) is 0 Å². The van der Waals surface area contributed by atoms with Crippen molar-refractivity contribution >= 4 is 22.7 Å². The normalized spacial score (nSPS) is 13.5. The zero-order valence-corrected chi connectivity index (χ0v) is 18.0. The van der Waals surface area contributed by atoms with E-state index in [1.165, 1.54) is 0 Å². The molecule has 1 aliphatic rings. The lowest BCUT2D eigenvalue weighted by molar-refractivity contribution is 0.0979. The first-order valence-electron chi connectivity index (χ1n) is 10.9. The maximum absolute atomic E-state index is 13.7. The fourth-order valence-corrected chi connectivity index (χ4v) is 3.86. The van der Waals surface area contributed by atoms with E-state index < -0.39 is 0 Å². The summed E-state index contributed by atoms with van der Waals surface area (Å²) in [6, 6.07) is 39.2. The number of hydrogen-bond donors (Lipinski definition) is 0. The van der Waals surface area contributed by atoms with Crippen molar-refractivity contribution in [3.05, 3.63) is 161 Å². The predicted octanol–water partition coefficient (Wildman–Crippen LogP) is 7.44. The minimum absolute atomic E-state index is 0.151. The first kappa shape index (κ1) is 20.5. The van der Waals surface area contributed by atoms with Gasteiger partial charge in [0.05, 0.1) is 0 Å². The van der Waals surface area contributed by atoms with Gasteiger partial charge >= 0.3 is 0 Å². The monoisotopic (exact) mass is 426 g/mol. The summed E-state index contributed by atoms with van der Waals surface area (Å²) in [5, 5.41) is 0. The Bertz CT molecular complexity index is 1350. The van der Waals surface area contributed by atoms with Crippen molar-refractivity contribution in [2.45, 2.75) is 0 Å². The van der Waals surface area contributed by atoms with E-state index in [0.717, 1.165) is 27.8 Å². The quantitative estimate of drug-likeness (QED) is 0.310. The first-order chi connectivity index (χ1) is 16.3. The molecule has 1 heterocycles. The summed E-state index contributed by atoms with van der Waals surface area (Å²) in [7, 11) is 0. The van der Waals surface area contributed by atoms with Gasteiger partial charge in [0.15, 0.2) is 5.76 Å². The van der Waals surface area contributed by atoms with Crippen LogP contribution in [0.3, 0.4) is 0 Å². The van der Waals surface area contributed by atoms with Gasteiger partial charge in [0.2, 0.25) is 5.78 Å². The van der Waals surface area contributed by atoms with Crippen LogP contribution < -0.4 is 0 Å². The molecule has 4 aromatic carbocycles. The van der Waals surface area contributed by atoms with Crippen LogP contribution >= 0.6 is 0 Å². The van der Waals surface area contributed by atoms with Crippen LogP contribution in [0.4, 0.5) is 0 Å². The van der Waals surface area contributed by atoms with E-state index >= 15 is 0 Å². The summed E-state index contributed by atoms with van der Waals surface area (Å²) in [5.74, 6) is 0.797. The Morgan fingerprint density at radius 1 is 0.515 bits per heavy atom. The summed E-state index contributed by atoms with van der Waals surface area (Å²) in [6.45, 7) is 0. The van der Waals surface area contributed by atoms with Crippen molar-refractivity contribution in [3.8, 4) is 0 Å². The van der Waals surface area contributed by atoms with E-state index in [1.807, 2.05) is 115 Å². The molecular weight excluding hydrogens is 404 g/mol. The molecule has 0 atom stereocenters. The maximum Gasteiger partial charge on any atom is 0.228 e. The van der Waals surface area contributed by atoms with Gasteiger partial charge in [-0.2, -0.15) is 0 Å². The van der Waals surface area contributed by atoms with Gasteiger partial charge in [0.1, 0.15) is 5.76 Å². The van der Waals surface area contributed by atoms with Gasteiger partial charge in [0, 0.05) is 16.7 Å². The van der Waals surface area contributed by atoms with Gasteiger partial charge in [-0.15, -0.1) is 0 Å². The molecule has 1 aliphatic heterocycles. The highest BCUT2D eigenvalue weighted by atomic mass is 16.5. The first-order valence-corrected chi connectivity index (χ1v) is 10.9. The number of hydrogen-bond acceptors (Lipinski definition) is 2. The largest absolute Gasteiger partial charge is 0.452 e. The molecule has 0 aromatic heterocycles. The second kappa shape index (κ2) is 9.37. The van der Waals surface area contributed by atoms with Crippen LogP contribution in [0.25, 0.3) is 16.9 Å². The zero-order valence-electron chi connectivity index (χ0n) is 18.0. The molecule has 0 fully saturated rings. The van der Waals surface area contributed by atoms with Gasteiger partial charge in [-0.25, -0.2) is 0 Å². The van der Waals surface area contributed by atoms with E-state index in [-0.39, 0.29) is 5.78 Å². The third kappa shape index (κ3) is 4.46. The van der Waals surface area contributed by atoms with E-state index in [0.29, 0.717) is 17.1 Å². The molecule has 0 saturated carbocycles. The van der Waals surface area contributed by atoms with Crippen molar-refractivity contribution < 1.29 is 9.53 Å². The van der Waals surface area contributed by atoms with Gasteiger partial charge in [0.25, 0.3) is 0 Å². The van der Waals surface area contributed by atoms with Crippen LogP contribution in [0.5, 0.6) is 0 Å². The molecular formula is C31H22O2. The Morgan fingerprint density at radius 2 is 1.00 bits per heavy atom. The molecule has 158 valence electrons. The number of allylic oxidation sites excluding steroid dienone is 5. The molecule has 0 unspecified atom stereocenters. The molecule has 5 rings (SSSR count). The van der Waals surface area contributed by atoms with Crippen LogP contribution in [0.15, 0.2) is 139 Å². The summed E-state index contributed by atoms with van der Waals surface area (Å²) in [4.78, 5) is 13.7.